The number of halogens is 2. The van der Waals surface area contributed by atoms with Crippen molar-refractivity contribution < 1.29 is 9.13 Å². The second-order valence-electron chi connectivity index (χ2n) is 4.14. The number of hydrogen-bond donors (Lipinski definition) is 1. The van der Waals surface area contributed by atoms with E-state index in [1.807, 2.05) is 25.1 Å². The molecule has 0 spiro atoms. The SMILES string of the molecule is CCOc1ccc(Br)cc1C(N)c1ccc(F)cc1. The molecule has 0 fully saturated rings. The van der Waals surface area contributed by atoms with Gasteiger partial charge in [0.1, 0.15) is 11.6 Å². The van der Waals surface area contributed by atoms with Crippen LogP contribution in [0.3, 0.4) is 0 Å². The largest absolute Gasteiger partial charge is 0.494 e. The second kappa shape index (κ2) is 6.17. The lowest BCUT2D eigenvalue weighted by atomic mass is 9.99. The van der Waals surface area contributed by atoms with Crippen LogP contribution in [0.4, 0.5) is 4.39 Å². The van der Waals surface area contributed by atoms with Crippen molar-refractivity contribution in [3.05, 3.63) is 63.9 Å². The van der Waals surface area contributed by atoms with E-state index >= 15 is 0 Å². The highest BCUT2D eigenvalue weighted by molar-refractivity contribution is 9.10. The zero-order valence-corrected chi connectivity index (χ0v) is 12.2. The summed E-state index contributed by atoms with van der Waals surface area (Å²) in [6.07, 6.45) is 0. The van der Waals surface area contributed by atoms with Crippen molar-refractivity contribution in [2.75, 3.05) is 6.61 Å². The van der Waals surface area contributed by atoms with Gasteiger partial charge in [0.25, 0.3) is 0 Å². The summed E-state index contributed by atoms with van der Waals surface area (Å²) < 4.78 is 19.5. The van der Waals surface area contributed by atoms with E-state index in [0.29, 0.717) is 6.61 Å². The lowest BCUT2D eigenvalue weighted by molar-refractivity contribution is 0.335. The predicted molar refractivity (Wildman–Crippen MR) is 77.7 cm³/mol. The minimum atomic E-state index is -0.348. The molecule has 2 rings (SSSR count). The Labute approximate surface area is 120 Å². The van der Waals surface area contributed by atoms with E-state index in [1.165, 1.54) is 12.1 Å². The van der Waals surface area contributed by atoms with Crippen LogP contribution in [0.25, 0.3) is 0 Å². The molecule has 1 atom stereocenters. The first-order valence-corrected chi connectivity index (χ1v) is 6.84. The van der Waals surface area contributed by atoms with Crippen molar-refractivity contribution >= 4 is 15.9 Å². The van der Waals surface area contributed by atoms with Gasteiger partial charge in [0.2, 0.25) is 0 Å². The van der Waals surface area contributed by atoms with E-state index in [2.05, 4.69) is 15.9 Å². The lowest BCUT2D eigenvalue weighted by Crippen LogP contribution is -2.13. The van der Waals surface area contributed by atoms with Crippen LogP contribution < -0.4 is 10.5 Å². The van der Waals surface area contributed by atoms with Crippen molar-refractivity contribution in [2.24, 2.45) is 5.73 Å². The molecule has 0 radical (unpaired) electrons. The predicted octanol–water partition coefficient (Wildman–Crippen LogP) is 4.04. The summed E-state index contributed by atoms with van der Waals surface area (Å²) in [5.41, 5.74) is 7.97. The summed E-state index contributed by atoms with van der Waals surface area (Å²) in [7, 11) is 0. The van der Waals surface area contributed by atoms with Gasteiger partial charge in [0.05, 0.1) is 12.6 Å². The molecule has 0 saturated heterocycles. The molecule has 19 heavy (non-hydrogen) atoms. The smallest absolute Gasteiger partial charge is 0.124 e. The van der Waals surface area contributed by atoms with Gasteiger partial charge in [0.15, 0.2) is 0 Å². The topological polar surface area (TPSA) is 35.2 Å². The van der Waals surface area contributed by atoms with Crippen molar-refractivity contribution in [3.8, 4) is 5.75 Å². The van der Waals surface area contributed by atoms with Crippen LogP contribution in [0.1, 0.15) is 24.1 Å². The standard InChI is InChI=1S/C15H15BrFNO/c1-2-19-14-8-5-11(16)9-13(14)15(18)10-3-6-12(17)7-4-10/h3-9,15H,2,18H2,1H3. The molecule has 0 heterocycles. The summed E-state index contributed by atoms with van der Waals surface area (Å²) in [6, 6.07) is 11.6. The van der Waals surface area contributed by atoms with Crippen LogP contribution in [0.2, 0.25) is 0 Å². The Morgan fingerprint density at radius 2 is 1.89 bits per heavy atom. The highest BCUT2D eigenvalue weighted by Gasteiger charge is 2.14. The van der Waals surface area contributed by atoms with Crippen molar-refractivity contribution in [2.45, 2.75) is 13.0 Å². The van der Waals surface area contributed by atoms with E-state index < -0.39 is 0 Å². The number of nitrogens with two attached hydrogens (primary N) is 1. The maximum atomic E-state index is 12.9. The minimum Gasteiger partial charge on any atom is -0.494 e. The van der Waals surface area contributed by atoms with E-state index in [-0.39, 0.29) is 11.9 Å². The summed E-state index contributed by atoms with van der Waals surface area (Å²) in [5.74, 6) is 0.484. The van der Waals surface area contributed by atoms with Crippen LogP contribution in [0.15, 0.2) is 46.9 Å². The van der Waals surface area contributed by atoms with E-state index in [9.17, 15) is 4.39 Å². The molecule has 0 aliphatic rings. The third-order valence-electron chi connectivity index (χ3n) is 2.84. The molecule has 100 valence electrons. The first-order chi connectivity index (χ1) is 9.11. The Morgan fingerprint density at radius 1 is 1.21 bits per heavy atom. The zero-order chi connectivity index (χ0) is 13.8. The Kier molecular flexibility index (Phi) is 4.56. The first-order valence-electron chi connectivity index (χ1n) is 6.05. The molecular weight excluding hydrogens is 309 g/mol. The molecule has 0 aliphatic carbocycles. The molecule has 1 unspecified atom stereocenters. The maximum Gasteiger partial charge on any atom is 0.124 e. The highest BCUT2D eigenvalue weighted by atomic mass is 79.9. The second-order valence-corrected chi connectivity index (χ2v) is 5.06. The fourth-order valence-corrected chi connectivity index (χ4v) is 2.28. The first kappa shape index (κ1) is 14.0. The fourth-order valence-electron chi connectivity index (χ4n) is 1.90. The number of rotatable bonds is 4. The van der Waals surface area contributed by atoms with Crippen LogP contribution in [0.5, 0.6) is 5.75 Å². The van der Waals surface area contributed by atoms with Gasteiger partial charge in [0, 0.05) is 10.0 Å². The van der Waals surface area contributed by atoms with Gasteiger partial charge >= 0.3 is 0 Å². The molecule has 0 aromatic heterocycles. The third kappa shape index (κ3) is 3.33. The molecule has 2 N–H and O–H groups in total. The van der Waals surface area contributed by atoms with Gasteiger partial charge in [-0.25, -0.2) is 4.39 Å². The number of ether oxygens (including phenoxy) is 1. The van der Waals surface area contributed by atoms with E-state index in [1.54, 1.807) is 12.1 Å². The fraction of sp³-hybridized carbons (Fsp3) is 0.200. The molecule has 4 heteroatoms. The third-order valence-corrected chi connectivity index (χ3v) is 3.33. The van der Waals surface area contributed by atoms with Crippen molar-refractivity contribution in [1.82, 2.24) is 0 Å². The summed E-state index contributed by atoms with van der Waals surface area (Å²) in [5, 5.41) is 0. The molecule has 2 aromatic rings. The van der Waals surface area contributed by atoms with Crippen LogP contribution >= 0.6 is 15.9 Å². The monoisotopic (exact) mass is 323 g/mol. The van der Waals surface area contributed by atoms with Gasteiger partial charge in [-0.3, -0.25) is 0 Å². The average molecular weight is 324 g/mol. The van der Waals surface area contributed by atoms with Gasteiger partial charge in [-0.15, -0.1) is 0 Å². The van der Waals surface area contributed by atoms with Gasteiger partial charge in [-0.05, 0) is 42.8 Å². The maximum absolute atomic E-state index is 12.9. The normalized spacial score (nSPS) is 12.2. The van der Waals surface area contributed by atoms with Gasteiger partial charge in [-0.2, -0.15) is 0 Å². The molecule has 0 amide bonds. The Hall–Kier alpha value is -1.39. The Bertz CT molecular complexity index is 557. The zero-order valence-electron chi connectivity index (χ0n) is 10.6. The number of hydrogen-bond acceptors (Lipinski definition) is 2. The lowest BCUT2D eigenvalue weighted by Gasteiger charge is -2.17. The van der Waals surface area contributed by atoms with Crippen LogP contribution in [-0.2, 0) is 0 Å². The van der Waals surface area contributed by atoms with Crippen LogP contribution in [-0.4, -0.2) is 6.61 Å². The average Bonchev–Trinajstić information content (AvgIpc) is 2.41. The molecular formula is C15H15BrFNO. The van der Waals surface area contributed by atoms with Crippen molar-refractivity contribution in [3.63, 3.8) is 0 Å². The summed E-state index contributed by atoms with van der Waals surface area (Å²) >= 11 is 3.43. The van der Waals surface area contributed by atoms with E-state index in [4.69, 9.17) is 10.5 Å². The van der Waals surface area contributed by atoms with E-state index in [0.717, 1.165) is 21.3 Å². The van der Waals surface area contributed by atoms with Crippen LogP contribution in [0, 0.1) is 5.82 Å². The molecule has 0 saturated carbocycles. The minimum absolute atomic E-state index is 0.268. The summed E-state index contributed by atoms with van der Waals surface area (Å²) in [6.45, 7) is 2.50. The molecule has 0 bridgehead atoms. The molecule has 0 aliphatic heterocycles. The van der Waals surface area contributed by atoms with Crippen molar-refractivity contribution in [1.29, 1.82) is 0 Å². The molecule has 2 aromatic carbocycles. The number of benzene rings is 2. The van der Waals surface area contributed by atoms with Gasteiger partial charge in [-0.1, -0.05) is 28.1 Å². The van der Waals surface area contributed by atoms with Gasteiger partial charge < -0.3 is 10.5 Å². The quantitative estimate of drug-likeness (QED) is 0.921. The highest BCUT2D eigenvalue weighted by Crippen LogP contribution is 2.31. The Morgan fingerprint density at radius 3 is 2.53 bits per heavy atom. The molecule has 2 nitrogen and oxygen atoms in total. The summed E-state index contributed by atoms with van der Waals surface area (Å²) in [4.78, 5) is 0. The Balaban J connectivity index is 2.39.